The third-order valence-corrected chi connectivity index (χ3v) is 7.18. The van der Waals surface area contributed by atoms with E-state index in [0.717, 1.165) is 14.7 Å². The number of halogens is 1. The minimum Gasteiger partial charge on any atom is -0.398 e. The summed E-state index contributed by atoms with van der Waals surface area (Å²) in [4.78, 5) is 30.4. The van der Waals surface area contributed by atoms with Crippen LogP contribution in [0.1, 0.15) is 42.3 Å². The highest BCUT2D eigenvalue weighted by Gasteiger charge is 2.16. The number of amides is 1. The van der Waals surface area contributed by atoms with Crippen molar-refractivity contribution in [3.05, 3.63) is 97.5 Å². The van der Waals surface area contributed by atoms with E-state index < -0.39 is 0 Å². The molecule has 4 N–H and O–H groups in total. The summed E-state index contributed by atoms with van der Waals surface area (Å²) in [6.45, 7) is 8.34. The second-order valence-corrected chi connectivity index (χ2v) is 11.2. The zero-order valence-corrected chi connectivity index (χ0v) is 23.7. The standard InChI is InChI=1S/C29H30IN5O2/c1-17-21(7-6-8-24(17)34-27(36)18-9-11-19(12-10-18)29(2,3)4)25-16-35(5)28(37)26(33-25)32-20-13-14-22(30)23(31)15-20/h6-16H,31H2,1-5H3,(H,32,33)(H,34,36). The smallest absolute Gasteiger partial charge is 0.293 e. The van der Waals surface area contributed by atoms with Crippen LogP contribution in [0.15, 0.2) is 71.7 Å². The first kappa shape index (κ1) is 26.4. The lowest BCUT2D eigenvalue weighted by atomic mass is 9.86. The Labute approximate surface area is 230 Å². The summed E-state index contributed by atoms with van der Waals surface area (Å²) in [5.74, 6) is 0.00108. The Morgan fingerprint density at radius 2 is 1.76 bits per heavy atom. The van der Waals surface area contributed by atoms with E-state index in [1.54, 1.807) is 19.3 Å². The lowest BCUT2D eigenvalue weighted by molar-refractivity contribution is 0.102. The van der Waals surface area contributed by atoms with Crippen LogP contribution in [0.2, 0.25) is 0 Å². The molecule has 1 aromatic heterocycles. The van der Waals surface area contributed by atoms with E-state index in [0.29, 0.717) is 28.3 Å². The molecular weight excluding hydrogens is 577 g/mol. The van der Waals surface area contributed by atoms with Crippen LogP contribution in [0.5, 0.6) is 0 Å². The Balaban J connectivity index is 1.63. The van der Waals surface area contributed by atoms with Crippen molar-refractivity contribution in [1.82, 2.24) is 9.55 Å². The number of carbonyl (C=O) groups is 1. The lowest BCUT2D eigenvalue weighted by Crippen LogP contribution is -2.21. The van der Waals surface area contributed by atoms with Crippen LogP contribution in [0.25, 0.3) is 11.3 Å². The SMILES string of the molecule is Cc1c(NC(=O)c2ccc(C(C)(C)C)cc2)cccc1-c1cn(C)c(=O)c(Nc2ccc(I)c(N)c2)n1. The quantitative estimate of drug-likeness (QED) is 0.184. The number of hydrogen-bond acceptors (Lipinski definition) is 5. The molecule has 0 aliphatic carbocycles. The van der Waals surface area contributed by atoms with Gasteiger partial charge in [0.1, 0.15) is 0 Å². The molecule has 1 amide bonds. The highest BCUT2D eigenvalue weighted by molar-refractivity contribution is 14.1. The molecule has 0 radical (unpaired) electrons. The van der Waals surface area contributed by atoms with Crippen LogP contribution in [0.3, 0.4) is 0 Å². The number of nitrogen functional groups attached to an aromatic ring is 1. The van der Waals surface area contributed by atoms with Gasteiger partial charge in [-0.1, -0.05) is 45.0 Å². The molecule has 1 heterocycles. The number of rotatable bonds is 5. The first-order valence-electron chi connectivity index (χ1n) is 11.9. The average molecular weight is 607 g/mol. The van der Waals surface area contributed by atoms with Crippen LogP contribution < -0.4 is 21.9 Å². The van der Waals surface area contributed by atoms with Crippen LogP contribution in [-0.4, -0.2) is 15.5 Å². The minimum atomic E-state index is -0.262. The van der Waals surface area contributed by atoms with E-state index in [1.165, 1.54) is 10.1 Å². The molecule has 37 heavy (non-hydrogen) atoms. The van der Waals surface area contributed by atoms with Gasteiger partial charge in [0, 0.05) is 45.0 Å². The third kappa shape index (κ3) is 5.85. The van der Waals surface area contributed by atoms with Gasteiger partial charge >= 0.3 is 0 Å². The molecule has 0 saturated carbocycles. The van der Waals surface area contributed by atoms with Crippen molar-refractivity contribution in [3.8, 4) is 11.3 Å². The Kier molecular flexibility index (Phi) is 7.40. The Morgan fingerprint density at radius 3 is 2.41 bits per heavy atom. The molecule has 0 aliphatic rings. The summed E-state index contributed by atoms with van der Waals surface area (Å²) in [5.41, 5.74) is 11.8. The van der Waals surface area contributed by atoms with Crippen LogP contribution in [0.4, 0.5) is 22.9 Å². The fraction of sp³-hybridized carbons (Fsp3) is 0.207. The number of nitrogens with one attached hydrogen (secondary N) is 2. The molecule has 0 saturated heterocycles. The molecule has 4 aromatic rings. The van der Waals surface area contributed by atoms with Gasteiger partial charge in [-0.3, -0.25) is 9.59 Å². The third-order valence-electron chi connectivity index (χ3n) is 6.20. The van der Waals surface area contributed by atoms with Gasteiger partial charge < -0.3 is 20.9 Å². The van der Waals surface area contributed by atoms with Gasteiger partial charge in [-0.25, -0.2) is 4.98 Å². The second-order valence-electron chi connectivity index (χ2n) is 10.0. The van der Waals surface area contributed by atoms with E-state index in [4.69, 9.17) is 5.73 Å². The van der Waals surface area contributed by atoms with Crippen molar-refractivity contribution in [2.45, 2.75) is 33.1 Å². The Morgan fingerprint density at radius 1 is 1.05 bits per heavy atom. The molecule has 0 aliphatic heterocycles. The van der Waals surface area contributed by atoms with Gasteiger partial charge in [-0.15, -0.1) is 0 Å². The van der Waals surface area contributed by atoms with Gasteiger partial charge in [-0.2, -0.15) is 0 Å². The number of benzene rings is 3. The number of anilines is 4. The van der Waals surface area contributed by atoms with Crippen LogP contribution >= 0.6 is 22.6 Å². The van der Waals surface area contributed by atoms with Crippen LogP contribution in [-0.2, 0) is 12.5 Å². The van der Waals surface area contributed by atoms with Crippen molar-refractivity contribution in [3.63, 3.8) is 0 Å². The number of nitrogens with zero attached hydrogens (tertiary/aromatic N) is 2. The summed E-state index contributed by atoms with van der Waals surface area (Å²) >= 11 is 2.16. The fourth-order valence-corrected chi connectivity index (χ4v) is 4.28. The highest BCUT2D eigenvalue weighted by Crippen LogP contribution is 2.29. The second kappa shape index (κ2) is 10.4. The first-order valence-corrected chi connectivity index (χ1v) is 12.9. The normalized spacial score (nSPS) is 11.3. The van der Waals surface area contributed by atoms with E-state index in [1.807, 2.05) is 61.5 Å². The molecule has 4 rings (SSSR count). The largest absolute Gasteiger partial charge is 0.398 e. The maximum absolute atomic E-state index is 13.0. The maximum atomic E-state index is 13.0. The van der Waals surface area contributed by atoms with E-state index in [-0.39, 0.29) is 22.7 Å². The number of aryl methyl sites for hydroxylation is 1. The predicted octanol–water partition coefficient (Wildman–Crippen LogP) is 6.24. The van der Waals surface area contributed by atoms with Gasteiger partial charge in [-0.05, 0) is 82.5 Å². The number of carbonyl (C=O) groups excluding carboxylic acids is 1. The molecule has 8 heteroatoms. The van der Waals surface area contributed by atoms with E-state index in [2.05, 4.69) is 59.0 Å². The Bertz CT molecular complexity index is 1540. The van der Waals surface area contributed by atoms with E-state index in [9.17, 15) is 9.59 Å². The minimum absolute atomic E-state index is 0.0160. The van der Waals surface area contributed by atoms with Gasteiger partial charge in [0.25, 0.3) is 11.5 Å². The van der Waals surface area contributed by atoms with Crippen molar-refractivity contribution in [2.24, 2.45) is 7.05 Å². The molecule has 0 bridgehead atoms. The van der Waals surface area contributed by atoms with Crippen LogP contribution in [0, 0.1) is 10.5 Å². The van der Waals surface area contributed by atoms with Crippen molar-refractivity contribution in [1.29, 1.82) is 0 Å². The molecule has 0 unspecified atom stereocenters. The first-order chi connectivity index (χ1) is 17.4. The molecular formula is C29H30IN5O2. The summed E-state index contributed by atoms with van der Waals surface area (Å²) < 4.78 is 2.42. The van der Waals surface area contributed by atoms with Gasteiger partial charge in [0.05, 0.1) is 5.69 Å². The fourth-order valence-electron chi connectivity index (χ4n) is 3.94. The molecule has 7 nitrogen and oxygen atoms in total. The zero-order chi connectivity index (χ0) is 26.9. The Hall–Kier alpha value is -3.66. The number of aromatic nitrogens is 2. The molecule has 0 atom stereocenters. The predicted molar refractivity (Wildman–Crippen MR) is 160 cm³/mol. The van der Waals surface area contributed by atoms with Crippen molar-refractivity contribution in [2.75, 3.05) is 16.4 Å². The highest BCUT2D eigenvalue weighted by atomic mass is 127. The molecule has 3 aromatic carbocycles. The van der Waals surface area contributed by atoms with E-state index >= 15 is 0 Å². The zero-order valence-electron chi connectivity index (χ0n) is 21.5. The molecule has 0 spiro atoms. The molecule has 190 valence electrons. The monoisotopic (exact) mass is 607 g/mol. The lowest BCUT2D eigenvalue weighted by Gasteiger charge is -2.19. The maximum Gasteiger partial charge on any atom is 0.293 e. The number of nitrogens with two attached hydrogens (primary N) is 1. The summed E-state index contributed by atoms with van der Waals surface area (Å²) in [7, 11) is 1.68. The average Bonchev–Trinajstić information content (AvgIpc) is 2.85. The summed E-state index contributed by atoms with van der Waals surface area (Å²) in [6.07, 6.45) is 1.69. The van der Waals surface area contributed by atoms with Crippen molar-refractivity contribution < 1.29 is 4.79 Å². The number of hydrogen-bond donors (Lipinski definition) is 3. The molecule has 0 fully saturated rings. The van der Waals surface area contributed by atoms with Crippen molar-refractivity contribution >= 4 is 51.4 Å². The van der Waals surface area contributed by atoms with Gasteiger partial charge in [0.15, 0.2) is 5.82 Å². The topological polar surface area (TPSA) is 102 Å². The summed E-state index contributed by atoms with van der Waals surface area (Å²) in [6, 6.07) is 18.8. The van der Waals surface area contributed by atoms with Gasteiger partial charge in [0.2, 0.25) is 0 Å². The summed E-state index contributed by atoms with van der Waals surface area (Å²) in [5, 5.41) is 6.12.